The Morgan fingerprint density at radius 1 is 1.20 bits per heavy atom. The molecule has 3 atom stereocenters. The van der Waals surface area contributed by atoms with Gasteiger partial charge in [-0.1, -0.05) is 32.9 Å². The molecule has 0 heterocycles. The van der Waals surface area contributed by atoms with Gasteiger partial charge in [0.15, 0.2) is 0 Å². The molecule has 2 bridgehead atoms. The Labute approximate surface area is 94.1 Å². The molecule has 0 nitrogen and oxygen atoms in total. The summed E-state index contributed by atoms with van der Waals surface area (Å²) in [4.78, 5) is 0. The molecule has 3 saturated carbocycles. The van der Waals surface area contributed by atoms with Gasteiger partial charge in [0.25, 0.3) is 0 Å². The van der Waals surface area contributed by atoms with E-state index in [9.17, 15) is 0 Å². The van der Waals surface area contributed by atoms with Crippen molar-refractivity contribution in [1.29, 1.82) is 0 Å². The Kier molecular flexibility index (Phi) is 1.67. The quantitative estimate of drug-likeness (QED) is 0.507. The molecule has 0 saturated heterocycles. The molecule has 0 aliphatic heterocycles. The predicted octanol–water partition coefficient (Wildman–Crippen LogP) is 4.56. The van der Waals surface area contributed by atoms with Crippen LogP contribution in [0.15, 0.2) is 12.2 Å². The minimum absolute atomic E-state index is 0.541. The molecule has 0 aromatic heterocycles. The van der Waals surface area contributed by atoms with Crippen molar-refractivity contribution in [2.45, 2.75) is 59.3 Å². The molecule has 0 unspecified atom stereocenters. The molecule has 0 N–H and O–H groups in total. The maximum Gasteiger partial charge on any atom is -0.00289 e. The summed E-state index contributed by atoms with van der Waals surface area (Å²) in [5.74, 6) is 0.960. The summed E-state index contributed by atoms with van der Waals surface area (Å²) in [7, 11) is 0. The Morgan fingerprint density at radius 3 is 2.53 bits per heavy atom. The predicted molar refractivity (Wildman–Crippen MR) is 64.7 cm³/mol. The van der Waals surface area contributed by atoms with Crippen LogP contribution in [0, 0.1) is 22.2 Å². The van der Waals surface area contributed by atoms with Gasteiger partial charge in [-0.2, -0.15) is 0 Å². The third kappa shape index (κ3) is 0.905. The van der Waals surface area contributed by atoms with Crippen molar-refractivity contribution in [2.75, 3.05) is 0 Å². The van der Waals surface area contributed by atoms with E-state index in [1.807, 2.05) is 0 Å². The second kappa shape index (κ2) is 2.52. The van der Waals surface area contributed by atoms with Gasteiger partial charge >= 0.3 is 0 Å². The van der Waals surface area contributed by atoms with Crippen molar-refractivity contribution < 1.29 is 0 Å². The van der Waals surface area contributed by atoms with Crippen LogP contribution in [-0.4, -0.2) is 0 Å². The number of hydrogen-bond acceptors (Lipinski definition) is 0. The normalized spacial score (nSPS) is 51.9. The van der Waals surface area contributed by atoms with Gasteiger partial charge in [-0.15, -0.1) is 0 Å². The van der Waals surface area contributed by atoms with Crippen molar-refractivity contribution in [1.82, 2.24) is 0 Å². The molecule has 15 heavy (non-hydrogen) atoms. The van der Waals surface area contributed by atoms with Gasteiger partial charge in [-0.3, -0.25) is 0 Å². The minimum atomic E-state index is 0.541. The average Bonchev–Trinajstić information content (AvgIpc) is 2.50. The molecule has 0 spiro atoms. The van der Waals surface area contributed by atoms with Crippen molar-refractivity contribution in [3.05, 3.63) is 12.2 Å². The van der Waals surface area contributed by atoms with Crippen LogP contribution >= 0.6 is 0 Å². The van der Waals surface area contributed by atoms with Crippen LogP contribution in [0.2, 0.25) is 0 Å². The van der Waals surface area contributed by atoms with E-state index in [1.54, 1.807) is 5.57 Å². The van der Waals surface area contributed by atoms with Crippen molar-refractivity contribution in [3.63, 3.8) is 0 Å². The summed E-state index contributed by atoms with van der Waals surface area (Å²) in [6.45, 7) is 12.0. The molecule has 0 amide bonds. The van der Waals surface area contributed by atoms with Gasteiger partial charge in [-0.05, 0) is 60.7 Å². The zero-order valence-electron chi connectivity index (χ0n) is 10.5. The van der Waals surface area contributed by atoms with Crippen LogP contribution in [0.4, 0.5) is 0 Å². The Morgan fingerprint density at radius 2 is 1.93 bits per heavy atom. The highest BCUT2D eigenvalue weighted by Crippen LogP contribution is 2.77. The molecule has 0 heteroatoms. The molecule has 3 aliphatic carbocycles. The van der Waals surface area contributed by atoms with Crippen LogP contribution < -0.4 is 0 Å². The number of allylic oxidation sites excluding steroid dienone is 1. The first-order valence-corrected chi connectivity index (χ1v) is 6.61. The van der Waals surface area contributed by atoms with E-state index in [4.69, 9.17) is 0 Å². The molecule has 3 rings (SSSR count). The van der Waals surface area contributed by atoms with Crippen LogP contribution in [0.25, 0.3) is 0 Å². The fraction of sp³-hybridized carbons (Fsp3) is 0.867. The zero-order valence-corrected chi connectivity index (χ0v) is 10.5. The molecular weight excluding hydrogens is 180 g/mol. The van der Waals surface area contributed by atoms with E-state index in [1.165, 1.54) is 38.5 Å². The maximum absolute atomic E-state index is 4.44. The van der Waals surface area contributed by atoms with Crippen LogP contribution in [0.5, 0.6) is 0 Å². The summed E-state index contributed by atoms with van der Waals surface area (Å²) < 4.78 is 0. The Balaban J connectivity index is 2.14. The monoisotopic (exact) mass is 204 g/mol. The van der Waals surface area contributed by atoms with Crippen molar-refractivity contribution >= 4 is 0 Å². The van der Waals surface area contributed by atoms with Gasteiger partial charge in [-0.25, -0.2) is 0 Å². The van der Waals surface area contributed by atoms with E-state index in [0.29, 0.717) is 16.2 Å². The molecule has 0 aromatic rings. The van der Waals surface area contributed by atoms with Crippen molar-refractivity contribution in [3.8, 4) is 0 Å². The summed E-state index contributed by atoms with van der Waals surface area (Å²) in [5.41, 5.74) is 3.32. The third-order valence-electron chi connectivity index (χ3n) is 6.27. The average molecular weight is 204 g/mol. The largest absolute Gasteiger partial charge is 0.0993 e. The highest BCUT2D eigenvalue weighted by Gasteiger charge is 2.68. The van der Waals surface area contributed by atoms with E-state index >= 15 is 0 Å². The molecular formula is C15H24. The minimum Gasteiger partial charge on any atom is -0.0993 e. The van der Waals surface area contributed by atoms with E-state index in [0.717, 1.165) is 5.92 Å². The molecule has 84 valence electrons. The van der Waals surface area contributed by atoms with Gasteiger partial charge in [0.2, 0.25) is 0 Å². The topological polar surface area (TPSA) is 0 Å². The lowest BCUT2D eigenvalue weighted by molar-refractivity contribution is 0.0967. The third-order valence-corrected chi connectivity index (χ3v) is 6.27. The molecule has 3 aliphatic rings. The van der Waals surface area contributed by atoms with Gasteiger partial charge in [0.05, 0.1) is 0 Å². The summed E-state index contributed by atoms with van der Waals surface area (Å²) in [6, 6.07) is 0. The molecule has 0 radical (unpaired) electrons. The first-order chi connectivity index (χ1) is 6.92. The molecule has 0 aromatic carbocycles. The second-order valence-corrected chi connectivity index (χ2v) is 7.21. The second-order valence-electron chi connectivity index (χ2n) is 7.21. The fourth-order valence-electron chi connectivity index (χ4n) is 5.80. The SMILES string of the molecule is C=C1CCC[C@@]2(C)[C@H]3CC[C@@]12CC3(C)C. The Hall–Kier alpha value is -0.260. The van der Waals surface area contributed by atoms with E-state index < -0.39 is 0 Å². The lowest BCUT2D eigenvalue weighted by atomic mass is 9.58. The maximum atomic E-state index is 4.44. The van der Waals surface area contributed by atoms with Gasteiger partial charge in [0, 0.05) is 0 Å². The first kappa shape index (κ1) is 9.93. The number of hydrogen-bond donors (Lipinski definition) is 0. The smallest absolute Gasteiger partial charge is 0.00289 e. The van der Waals surface area contributed by atoms with Crippen LogP contribution in [-0.2, 0) is 0 Å². The van der Waals surface area contributed by atoms with Gasteiger partial charge in [0.1, 0.15) is 0 Å². The van der Waals surface area contributed by atoms with Crippen LogP contribution in [0.3, 0.4) is 0 Å². The van der Waals surface area contributed by atoms with E-state index in [2.05, 4.69) is 27.4 Å². The van der Waals surface area contributed by atoms with Crippen molar-refractivity contribution in [2.24, 2.45) is 22.2 Å². The fourth-order valence-corrected chi connectivity index (χ4v) is 5.80. The summed E-state index contributed by atoms with van der Waals surface area (Å²) in [6.07, 6.45) is 8.47. The lowest BCUT2D eigenvalue weighted by Crippen LogP contribution is -2.37. The number of rotatable bonds is 0. The summed E-state index contributed by atoms with van der Waals surface area (Å²) >= 11 is 0. The highest BCUT2D eigenvalue weighted by atomic mass is 14.7. The standard InChI is InChI=1S/C15H24/c1-11-6-5-8-14(4)12-7-9-15(11,14)10-13(12,2)3/h12H,1,5-10H2,2-4H3/t12-,14-,15+/m0/s1. The Bertz CT molecular complexity index is 325. The highest BCUT2D eigenvalue weighted by molar-refractivity contribution is 5.30. The van der Waals surface area contributed by atoms with Crippen LogP contribution in [0.1, 0.15) is 59.3 Å². The van der Waals surface area contributed by atoms with E-state index in [-0.39, 0.29) is 0 Å². The zero-order chi connectivity index (χ0) is 10.9. The first-order valence-electron chi connectivity index (χ1n) is 6.61. The summed E-state index contributed by atoms with van der Waals surface area (Å²) in [5, 5.41) is 0. The lowest BCUT2D eigenvalue weighted by Gasteiger charge is -2.46. The van der Waals surface area contributed by atoms with Gasteiger partial charge < -0.3 is 0 Å². The molecule has 3 fully saturated rings.